The highest BCUT2D eigenvalue weighted by Crippen LogP contribution is 2.46. The molecule has 0 aromatic rings. The van der Waals surface area contributed by atoms with Gasteiger partial charge in [-0.05, 0) is 31.1 Å². The van der Waals surface area contributed by atoms with E-state index in [1.807, 2.05) is 0 Å². The lowest BCUT2D eigenvalue weighted by atomic mass is 9.69. The lowest BCUT2D eigenvalue weighted by Gasteiger charge is -2.33. The van der Waals surface area contributed by atoms with E-state index in [4.69, 9.17) is 5.26 Å². The first-order valence-electron chi connectivity index (χ1n) is 5.22. The Labute approximate surface area is 84.5 Å². The van der Waals surface area contributed by atoms with Crippen molar-refractivity contribution in [3.63, 3.8) is 0 Å². The molecule has 0 aromatic heterocycles. The molecule has 0 saturated heterocycles. The van der Waals surface area contributed by atoms with Gasteiger partial charge in [-0.15, -0.1) is 0 Å². The molecule has 14 heavy (non-hydrogen) atoms. The SMILES string of the molecule is CC1(C)CC1NC(=O)C1(C#N)CCC1. The molecule has 0 aliphatic heterocycles. The molecule has 0 heterocycles. The predicted octanol–water partition coefficient (Wildman–Crippen LogP) is 1.59. The molecule has 3 nitrogen and oxygen atoms in total. The number of nitriles is 1. The fraction of sp³-hybridized carbons (Fsp3) is 0.818. The Morgan fingerprint density at radius 2 is 2.07 bits per heavy atom. The third-order valence-electron chi connectivity index (χ3n) is 3.67. The molecule has 76 valence electrons. The maximum atomic E-state index is 11.8. The molecule has 0 radical (unpaired) electrons. The van der Waals surface area contributed by atoms with E-state index in [0.717, 1.165) is 25.7 Å². The monoisotopic (exact) mass is 192 g/mol. The quantitative estimate of drug-likeness (QED) is 0.722. The van der Waals surface area contributed by atoms with Crippen molar-refractivity contribution in [1.29, 1.82) is 5.26 Å². The van der Waals surface area contributed by atoms with Crippen molar-refractivity contribution in [2.45, 2.75) is 45.6 Å². The summed E-state index contributed by atoms with van der Waals surface area (Å²) >= 11 is 0. The minimum Gasteiger partial charge on any atom is -0.351 e. The van der Waals surface area contributed by atoms with Gasteiger partial charge in [0.15, 0.2) is 0 Å². The molecule has 2 fully saturated rings. The minimum absolute atomic E-state index is 0.0400. The molecule has 1 N–H and O–H groups in total. The highest BCUT2D eigenvalue weighted by molar-refractivity contribution is 5.86. The Morgan fingerprint density at radius 3 is 2.36 bits per heavy atom. The van der Waals surface area contributed by atoms with Crippen LogP contribution < -0.4 is 5.32 Å². The molecule has 3 heteroatoms. The summed E-state index contributed by atoms with van der Waals surface area (Å²) in [6.07, 6.45) is 3.53. The number of nitrogens with zero attached hydrogens (tertiary/aromatic N) is 1. The Balaban J connectivity index is 1.94. The fourth-order valence-electron chi connectivity index (χ4n) is 1.93. The van der Waals surface area contributed by atoms with Crippen LogP contribution in [0.5, 0.6) is 0 Å². The van der Waals surface area contributed by atoms with E-state index in [0.29, 0.717) is 6.04 Å². The first kappa shape index (κ1) is 9.51. The molecule has 2 aliphatic rings. The molecule has 1 atom stereocenters. The van der Waals surface area contributed by atoms with Crippen LogP contribution in [-0.4, -0.2) is 11.9 Å². The molecular formula is C11H16N2O. The fourth-order valence-corrected chi connectivity index (χ4v) is 1.93. The van der Waals surface area contributed by atoms with Gasteiger partial charge in [-0.25, -0.2) is 0 Å². The summed E-state index contributed by atoms with van der Waals surface area (Å²) in [7, 11) is 0. The number of hydrogen-bond acceptors (Lipinski definition) is 2. The number of hydrogen-bond donors (Lipinski definition) is 1. The van der Waals surface area contributed by atoms with Crippen LogP contribution in [0.3, 0.4) is 0 Å². The van der Waals surface area contributed by atoms with Crippen LogP contribution in [-0.2, 0) is 4.79 Å². The Hall–Kier alpha value is -1.04. The molecular weight excluding hydrogens is 176 g/mol. The first-order valence-corrected chi connectivity index (χ1v) is 5.22. The molecule has 2 aliphatic carbocycles. The Bertz CT molecular complexity index is 310. The van der Waals surface area contributed by atoms with Gasteiger partial charge >= 0.3 is 0 Å². The lowest BCUT2D eigenvalue weighted by molar-refractivity contribution is -0.132. The summed E-state index contributed by atoms with van der Waals surface area (Å²) in [5, 5.41) is 11.9. The van der Waals surface area contributed by atoms with Crippen LogP contribution in [0.25, 0.3) is 0 Å². The second kappa shape index (κ2) is 2.73. The number of carbonyl (C=O) groups excluding carboxylic acids is 1. The Morgan fingerprint density at radius 1 is 1.50 bits per heavy atom. The molecule has 2 rings (SSSR count). The second-order valence-electron chi connectivity index (χ2n) is 5.27. The third-order valence-corrected chi connectivity index (χ3v) is 3.67. The van der Waals surface area contributed by atoms with Gasteiger partial charge in [0.25, 0.3) is 0 Å². The van der Waals surface area contributed by atoms with Crippen LogP contribution in [0.15, 0.2) is 0 Å². The average molecular weight is 192 g/mol. The summed E-state index contributed by atoms with van der Waals surface area (Å²) in [6.45, 7) is 4.27. The van der Waals surface area contributed by atoms with Crippen molar-refractivity contribution >= 4 is 5.91 Å². The van der Waals surface area contributed by atoms with Crippen molar-refractivity contribution in [3.05, 3.63) is 0 Å². The number of carbonyl (C=O) groups is 1. The zero-order valence-electron chi connectivity index (χ0n) is 8.76. The van der Waals surface area contributed by atoms with Crippen molar-refractivity contribution in [2.24, 2.45) is 10.8 Å². The zero-order valence-corrected chi connectivity index (χ0v) is 8.76. The van der Waals surface area contributed by atoms with Gasteiger partial charge < -0.3 is 5.32 Å². The standard InChI is InChI=1S/C11H16N2O/c1-10(2)6-8(10)13-9(14)11(7-12)4-3-5-11/h8H,3-6H2,1-2H3,(H,13,14). The van der Waals surface area contributed by atoms with Gasteiger partial charge in [-0.3, -0.25) is 4.79 Å². The lowest BCUT2D eigenvalue weighted by Crippen LogP contribution is -2.46. The molecule has 2 saturated carbocycles. The largest absolute Gasteiger partial charge is 0.351 e. The van der Waals surface area contributed by atoms with Crippen LogP contribution >= 0.6 is 0 Å². The highest BCUT2D eigenvalue weighted by Gasteiger charge is 2.51. The zero-order chi connectivity index (χ0) is 10.4. The minimum atomic E-state index is -0.682. The molecule has 0 bridgehead atoms. The van der Waals surface area contributed by atoms with E-state index < -0.39 is 5.41 Å². The average Bonchev–Trinajstić information content (AvgIpc) is 2.57. The maximum Gasteiger partial charge on any atom is 0.240 e. The predicted molar refractivity (Wildman–Crippen MR) is 52.2 cm³/mol. The summed E-state index contributed by atoms with van der Waals surface area (Å²) < 4.78 is 0. The summed E-state index contributed by atoms with van der Waals surface area (Å²) in [6, 6.07) is 2.46. The second-order valence-corrected chi connectivity index (χ2v) is 5.27. The smallest absolute Gasteiger partial charge is 0.240 e. The number of nitrogens with one attached hydrogen (secondary N) is 1. The van der Waals surface area contributed by atoms with Gasteiger partial charge in [0.05, 0.1) is 6.07 Å². The molecule has 0 spiro atoms. The summed E-state index contributed by atoms with van der Waals surface area (Å²) in [4.78, 5) is 11.8. The van der Waals surface area contributed by atoms with Crippen molar-refractivity contribution in [2.75, 3.05) is 0 Å². The summed E-state index contributed by atoms with van der Waals surface area (Å²) in [5.74, 6) is -0.0400. The number of rotatable bonds is 2. The van der Waals surface area contributed by atoms with E-state index >= 15 is 0 Å². The molecule has 1 amide bonds. The van der Waals surface area contributed by atoms with Crippen molar-refractivity contribution in [1.82, 2.24) is 5.32 Å². The van der Waals surface area contributed by atoms with E-state index in [2.05, 4.69) is 25.2 Å². The van der Waals surface area contributed by atoms with E-state index in [1.54, 1.807) is 0 Å². The first-order chi connectivity index (χ1) is 6.50. The molecule has 0 aromatic carbocycles. The van der Waals surface area contributed by atoms with Gasteiger partial charge in [-0.2, -0.15) is 5.26 Å². The third kappa shape index (κ3) is 1.30. The van der Waals surface area contributed by atoms with E-state index in [9.17, 15) is 4.79 Å². The van der Waals surface area contributed by atoms with Crippen LogP contribution in [0, 0.1) is 22.2 Å². The van der Waals surface area contributed by atoms with Crippen molar-refractivity contribution < 1.29 is 4.79 Å². The van der Waals surface area contributed by atoms with Crippen molar-refractivity contribution in [3.8, 4) is 6.07 Å². The van der Waals surface area contributed by atoms with Gasteiger partial charge in [-0.1, -0.05) is 13.8 Å². The normalized spacial score (nSPS) is 31.1. The number of amides is 1. The van der Waals surface area contributed by atoms with Gasteiger partial charge in [0, 0.05) is 6.04 Å². The van der Waals surface area contributed by atoms with Crippen LogP contribution in [0.4, 0.5) is 0 Å². The van der Waals surface area contributed by atoms with Crippen LogP contribution in [0.1, 0.15) is 39.5 Å². The van der Waals surface area contributed by atoms with E-state index in [1.165, 1.54) is 0 Å². The van der Waals surface area contributed by atoms with Gasteiger partial charge in [0.2, 0.25) is 5.91 Å². The Kier molecular flexibility index (Phi) is 1.85. The van der Waals surface area contributed by atoms with Crippen LogP contribution in [0.2, 0.25) is 0 Å². The topological polar surface area (TPSA) is 52.9 Å². The molecule has 1 unspecified atom stereocenters. The highest BCUT2D eigenvalue weighted by atomic mass is 16.2. The van der Waals surface area contributed by atoms with E-state index in [-0.39, 0.29) is 11.3 Å². The summed E-state index contributed by atoms with van der Waals surface area (Å²) in [5.41, 5.74) is -0.436. The maximum absolute atomic E-state index is 11.8. The van der Waals surface area contributed by atoms with Gasteiger partial charge in [0.1, 0.15) is 5.41 Å².